The van der Waals surface area contributed by atoms with Gasteiger partial charge < -0.3 is 15.3 Å². The Bertz CT molecular complexity index is 276. The molecule has 0 saturated heterocycles. The molecule has 1 aliphatic carbocycles. The largest absolute Gasteiger partial charge is 0.394 e. The van der Waals surface area contributed by atoms with Gasteiger partial charge in [-0.1, -0.05) is 34.1 Å². The van der Waals surface area contributed by atoms with Crippen molar-refractivity contribution in [2.24, 2.45) is 5.92 Å². The maximum Gasteiger partial charge on any atom is 0.0610 e. The van der Waals surface area contributed by atoms with E-state index in [1.54, 1.807) is 0 Å². The summed E-state index contributed by atoms with van der Waals surface area (Å²) in [5, 5.41) is 13.1. The molecule has 126 valence electrons. The Kier molecular flexibility index (Phi) is 8.22. The highest BCUT2D eigenvalue weighted by molar-refractivity contribution is 4.86. The Balaban J connectivity index is 2.23. The van der Waals surface area contributed by atoms with Gasteiger partial charge in [0.2, 0.25) is 0 Å². The molecule has 0 aromatic carbocycles. The van der Waals surface area contributed by atoms with E-state index in [2.05, 4.69) is 44.8 Å². The third kappa shape index (κ3) is 8.18. The lowest BCUT2D eigenvalue weighted by Gasteiger charge is -2.31. The van der Waals surface area contributed by atoms with Crippen molar-refractivity contribution in [3.05, 3.63) is 0 Å². The lowest BCUT2D eigenvalue weighted by Crippen LogP contribution is -2.49. The second-order valence-electron chi connectivity index (χ2n) is 7.92. The molecule has 0 bridgehead atoms. The molecule has 0 amide bonds. The Morgan fingerprint density at radius 3 is 2.29 bits per heavy atom. The second kappa shape index (κ2) is 9.12. The van der Waals surface area contributed by atoms with Crippen molar-refractivity contribution in [1.82, 2.24) is 10.2 Å². The smallest absolute Gasteiger partial charge is 0.0610 e. The number of rotatable bonds is 12. The van der Waals surface area contributed by atoms with E-state index in [-0.39, 0.29) is 12.1 Å². The first-order valence-corrected chi connectivity index (χ1v) is 8.99. The molecule has 0 aromatic rings. The van der Waals surface area contributed by atoms with E-state index in [1.807, 2.05) is 0 Å². The van der Waals surface area contributed by atoms with Crippen molar-refractivity contribution >= 4 is 0 Å². The van der Waals surface area contributed by atoms with Gasteiger partial charge in [0.15, 0.2) is 0 Å². The van der Waals surface area contributed by atoms with E-state index in [1.165, 1.54) is 45.2 Å². The van der Waals surface area contributed by atoms with Gasteiger partial charge in [0, 0.05) is 17.6 Å². The van der Waals surface area contributed by atoms with Crippen molar-refractivity contribution < 1.29 is 5.11 Å². The van der Waals surface area contributed by atoms with Gasteiger partial charge in [-0.15, -0.1) is 0 Å². The van der Waals surface area contributed by atoms with Crippen LogP contribution in [0.15, 0.2) is 0 Å². The molecular weight excluding hydrogens is 260 g/mol. The zero-order chi connectivity index (χ0) is 15.9. The predicted octanol–water partition coefficient (Wildman–Crippen LogP) is 3.42. The van der Waals surface area contributed by atoms with Crippen LogP contribution in [0, 0.1) is 5.92 Å². The fourth-order valence-electron chi connectivity index (χ4n) is 3.06. The van der Waals surface area contributed by atoms with Crippen LogP contribution in [0.25, 0.3) is 0 Å². The minimum absolute atomic E-state index is 0.115. The normalized spacial score (nSPS) is 18.7. The number of nitrogens with zero attached hydrogens (tertiary/aromatic N) is 1. The van der Waals surface area contributed by atoms with E-state index in [9.17, 15) is 5.11 Å². The van der Waals surface area contributed by atoms with Crippen LogP contribution in [0.2, 0.25) is 0 Å². The first-order valence-electron chi connectivity index (χ1n) is 8.99. The van der Waals surface area contributed by atoms with E-state index in [0.29, 0.717) is 6.04 Å². The third-order valence-electron chi connectivity index (χ3n) is 4.47. The lowest BCUT2D eigenvalue weighted by molar-refractivity contribution is 0.151. The SMILES string of the molecule is CC(C)CCN(CCCCC(C)(CO)NC(C)C)C1CC1. The molecule has 0 aromatic heterocycles. The van der Waals surface area contributed by atoms with Gasteiger partial charge >= 0.3 is 0 Å². The van der Waals surface area contributed by atoms with Crippen LogP contribution in [-0.4, -0.2) is 47.3 Å². The van der Waals surface area contributed by atoms with Crippen LogP contribution in [-0.2, 0) is 0 Å². The van der Waals surface area contributed by atoms with Gasteiger partial charge in [-0.25, -0.2) is 0 Å². The maximum atomic E-state index is 9.61. The number of aliphatic hydroxyl groups is 1. The molecule has 3 heteroatoms. The molecule has 1 saturated carbocycles. The van der Waals surface area contributed by atoms with Gasteiger partial charge in [0.05, 0.1) is 6.61 Å². The molecule has 3 nitrogen and oxygen atoms in total. The van der Waals surface area contributed by atoms with E-state index >= 15 is 0 Å². The number of nitrogens with one attached hydrogen (secondary N) is 1. The van der Waals surface area contributed by atoms with Crippen LogP contribution in [0.3, 0.4) is 0 Å². The first kappa shape index (κ1) is 18.9. The summed E-state index contributed by atoms with van der Waals surface area (Å²) in [6.45, 7) is 13.8. The first-order chi connectivity index (χ1) is 9.86. The van der Waals surface area contributed by atoms with Crippen molar-refractivity contribution in [2.45, 2.75) is 90.8 Å². The summed E-state index contributed by atoms with van der Waals surface area (Å²) in [6, 6.07) is 1.30. The molecule has 21 heavy (non-hydrogen) atoms. The molecule has 0 heterocycles. The quantitative estimate of drug-likeness (QED) is 0.542. The van der Waals surface area contributed by atoms with Crippen LogP contribution < -0.4 is 5.32 Å². The van der Waals surface area contributed by atoms with Crippen LogP contribution in [0.1, 0.15) is 73.1 Å². The Morgan fingerprint density at radius 1 is 1.14 bits per heavy atom. The minimum atomic E-state index is -0.115. The molecule has 0 radical (unpaired) electrons. The van der Waals surface area contributed by atoms with E-state index < -0.39 is 0 Å². The molecule has 1 fully saturated rings. The van der Waals surface area contributed by atoms with Crippen molar-refractivity contribution in [3.8, 4) is 0 Å². The number of unbranched alkanes of at least 4 members (excludes halogenated alkanes) is 1. The van der Waals surface area contributed by atoms with Gasteiger partial charge in [-0.05, 0) is 58.0 Å². The lowest BCUT2D eigenvalue weighted by atomic mass is 9.94. The average molecular weight is 299 g/mol. The van der Waals surface area contributed by atoms with Gasteiger partial charge in [0.25, 0.3) is 0 Å². The fourth-order valence-corrected chi connectivity index (χ4v) is 3.06. The highest BCUT2D eigenvalue weighted by Gasteiger charge is 2.28. The Morgan fingerprint density at radius 2 is 1.81 bits per heavy atom. The molecular formula is C18H38N2O. The molecule has 0 spiro atoms. The van der Waals surface area contributed by atoms with Gasteiger partial charge in [-0.3, -0.25) is 0 Å². The van der Waals surface area contributed by atoms with E-state index in [4.69, 9.17) is 0 Å². The summed E-state index contributed by atoms with van der Waals surface area (Å²) in [7, 11) is 0. The van der Waals surface area contributed by atoms with Crippen molar-refractivity contribution in [3.63, 3.8) is 0 Å². The zero-order valence-electron chi connectivity index (χ0n) is 15.0. The molecule has 2 N–H and O–H groups in total. The topological polar surface area (TPSA) is 35.5 Å². The summed E-state index contributed by atoms with van der Waals surface area (Å²) in [6.07, 6.45) is 7.64. The summed E-state index contributed by atoms with van der Waals surface area (Å²) >= 11 is 0. The Hall–Kier alpha value is -0.120. The monoisotopic (exact) mass is 298 g/mol. The molecule has 1 aliphatic rings. The number of aliphatic hydroxyl groups excluding tert-OH is 1. The zero-order valence-corrected chi connectivity index (χ0v) is 15.0. The van der Waals surface area contributed by atoms with Crippen molar-refractivity contribution in [1.29, 1.82) is 0 Å². The van der Waals surface area contributed by atoms with Crippen LogP contribution in [0.5, 0.6) is 0 Å². The van der Waals surface area contributed by atoms with Gasteiger partial charge in [0.1, 0.15) is 0 Å². The summed E-state index contributed by atoms with van der Waals surface area (Å²) in [5.41, 5.74) is -0.115. The van der Waals surface area contributed by atoms with Crippen LogP contribution in [0.4, 0.5) is 0 Å². The van der Waals surface area contributed by atoms with Gasteiger partial charge in [-0.2, -0.15) is 0 Å². The Labute approximate surface area is 132 Å². The summed E-state index contributed by atoms with van der Waals surface area (Å²) in [5.74, 6) is 0.805. The predicted molar refractivity (Wildman–Crippen MR) is 91.7 cm³/mol. The van der Waals surface area contributed by atoms with Crippen molar-refractivity contribution in [2.75, 3.05) is 19.7 Å². The highest BCUT2D eigenvalue weighted by atomic mass is 16.3. The minimum Gasteiger partial charge on any atom is -0.394 e. The maximum absolute atomic E-state index is 9.61. The number of hydrogen-bond donors (Lipinski definition) is 2. The average Bonchev–Trinajstić information content (AvgIpc) is 3.21. The molecule has 0 aliphatic heterocycles. The second-order valence-corrected chi connectivity index (χ2v) is 7.92. The summed E-state index contributed by atoms with van der Waals surface area (Å²) in [4.78, 5) is 2.70. The third-order valence-corrected chi connectivity index (χ3v) is 4.47. The molecule has 1 atom stereocenters. The fraction of sp³-hybridized carbons (Fsp3) is 1.00. The highest BCUT2D eigenvalue weighted by Crippen LogP contribution is 2.28. The standard InChI is InChI=1S/C18H38N2O/c1-15(2)10-13-20(17-8-9-17)12-7-6-11-18(5,14-21)19-16(3)4/h15-17,19,21H,6-14H2,1-5H3. The molecule has 1 unspecified atom stereocenters. The number of hydrogen-bond acceptors (Lipinski definition) is 3. The summed E-state index contributed by atoms with van der Waals surface area (Å²) < 4.78 is 0. The molecule has 1 rings (SSSR count). The van der Waals surface area contributed by atoms with Crippen LogP contribution >= 0.6 is 0 Å². The van der Waals surface area contributed by atoms with E-state index in [0.717, 1.165) is 18.4 Å².